The molecule has 1 saturated carbocycles. The average molecular weight is 289 g/mol. The van der Waals surface area contributed by atoms with Gasteiger partial charge in [-0.3, -0.25) is 9.59 Å². The minimum absolute atomic E-state index is 0.00662. The fraction of sp³-hybridized carbons (Fsp3) is 0.529. The van der Waals surface area contributed by atoms with E-state index in [1.807, 2.05) is 37.3 Å². The molecule has 114 valence electrons. The van der Waals surface area contributed by atoms with E-state index in [4.69, 9.17) is 0 Å². The van der Waals surface area contributed by atoms with E-state index in [9.17, 15) is 14.7 Å². The van der Waals surface area contributed by atoms with Gasteiger partial charge in [-0.1, -0.05) is 43.2 Å². The summed E-state index contributed by atoms with van der Waals surface area (Å²) in [4.78, 5) is 23.6. The molecule has 1 aliphatic rings. The van der Waals surface area contributed by atoms with E-state index in [1.165, 1.54) is 5.56 Å². The molecule has 21 heavy (non-hydrogen) atoms. The van der Waals surface area contributed by atoms with Crippen LogP contribution in [0.25, 0.3) is 0 Å². The van der Waals surface area contributed by atoms with E-state index in [0.29, 0.717) is 12.8 Å². The third-order valence-electron chi connectivity index (χ3n) is 4.31. The summed E-state index contributed by atoms with van der Waals surface area (Å²) in [6, 6.07) is 9.97. The van der Waals surface area contributed by atoms with E-state index in [2.05, 4.69) is 5.32 Å². The number of carbonyl (C=O) groups excluding carboxylic acids is 1. The van der Waals surface area contributed by atoms with Crippen LogP contribution in [0.3, 0.4) is 0 Å². The van der Waals surface area contributed by atoms with Crippen LogP contribution in [0.1, 0.15) is 44.6 Å². The molecule has 1 aromatic carbocycles. The third-order valence-corrected chi connectivity index (χ3v) is 4.31. The van der Waals surface area contributed by atoms with Crippen LogP contribution in [0.4, 0.5) is 0 Å². The first kappa shape index (κ1) is 15.5. The van der Waals surface area contributed by atoms with E-state index >= 15 is 0 Å². The minimum Gasteiger partial charge on any atom is -0.481 e. The number of rotatable bonds is 6. The monoisotopic (exact) mass is 289 g/mol. The van der Waals surface area contributed by atoms with Crippen molar-refractivity contribution in [2.45, 2.75) is 51.5 Å². The summed E-state index contributed by atoms with van der Waals surface area (Å²) in [5.41, 5.74) is 0.329. The van der Waals surface area contributed by atoms with Gasteiger partial charge < -0.3 is 10.4 Å². The zero-order valence-corrected chi connectivity index (χ0v) is 12.5. The maximum absolute atomic E-state index is 12.1. The van der Waals surface area contributed by atoms with Crippen molar-refractivity contribution in [3.8, 4) is 0 Å². The number of carbonyl (C=O) groups is 2. The van der Waals surface area contributed by atoms with Gasteiger partial charge in [-0.05, 0) is 31.7 Å². The highest BCUT2D eigenvalue weighted by Gasteiger charge is 2.43. The molecule has 0 bridgehead atoms. The summed E-state index contributed by atoms with van der Waals surface area (Å²) in [6.07, 6.45) is 3.89. The molecule has 0 aromatic heterocycles. The van der Waals surface area contributed by atoms with Gasteiger partial charge in [-0.25, -0.2) is 0 Å². The number of carboxylic acids is 1. The molecule has 1 atom stereocenters. The predicted molar refractivity (Wildman–Crippen MR) is 80.9 cm³/mol. The Balaban J connectivity index is 1.87. The molecule has 1 amide bonds. The largest absolute Gasteiger partial charge is 0.481 e. The molecular formula is C17H23NO3. The normalized spacial score (nSPS) is 18.1. The Morgan fingerprint density at radius 1 is 1.24 bits per heavy atom. The molecule has 0 heterocycles. The van der Waals surface area contributed by atoms with E-state index in [1.54, 1.807) is 0 Å². The number of nitrogens with one attached hydrogen (secondary N) is 1. The van der Waals surface area contributed by atoms with Crippen molar-refractivity contribution in [3.63, 3.8) is 0 Å². The number of aliphatic carboxylic acids is 1. The zero-order valence-electron chi connectivity index (χ0n) is 12.5. The van der Waals surface area contributed by atoms with Crippen LogP contribution in [0.2, 0.25) is 0 Å². The first-order valence-electron chi connectivity index (χ1n) is 7.58. The van der Waals surface area contributed by atoms with Crippen molar-refractivity contribution in [1.29, 1.82) is 0 Å². The van der Waals surface area contributed by atoms with Crippen molar-refractivity contribution in [2.75, 3.05) is 0 Å². The molecule has 1 fully saturated rings. The molecule has 4 heteroatoms. The molecule has 4 nitrogen and oxygen atoms in total. The van der Waals surface area contributed by atoms with Crippen LogP contribution in [0.15, 0.2) is 30.3 Å². The summed E-state index contributed by atoms with van der Waals surface area (Å²) >= 11 is 0. The van der Waals surface area contributed by atoms with Gasteiger partial charge in [-0.2, -0.15) is 0 Å². The lowest BCUT2D eigenvalue weighted by atomic mass is 9.82. The SMILES string of the molecule is CC(Cc1ccccc1)NC(=O)CC1(C(=O)O)CCCC1. The molecule has 2 N–H and O–H groups in total. The van der Waals surface area contributed by atoms with Crippen LogP contribution in [0, 0.1) is 5.41 Å². The van der Waals surface area contributed by atoms with Crippen LogP contribution in [-0.4, -0.2) is 23.0 Å². The van der Waals surface area contributed by atoms with E-state index in [-0.39, 0.29) is 18.4 Å². The van der Waals surface area contributed by atoms with Crippen molar-refractivity contribution in [1.82, 2.24) is 5.32 Å². The van der Waals surface area contributed by atoms with Gasteiger partial charge in [0.2, 0.25) is 5.91 Å². The molecule has 2 rings (SSSR count). The summed E-state index contributed by atoms with van der Waals surface area (Å²) in [7, 11) is 0. The molecule has 0 aliphatic heterocycles. The van der Waals surface area contributed by atoms with E-state index in [0.717, 1.165) is 19.3 Å². The topological polar surface area (TPSA) is 66.4 Å². The van der Waals surface area contributed by atoms with E-state index < -0.39 is 11.4 Å². The van der Waals surface area contributed by atoms with Gasteiger partial charge in [0, 0.05) is 12.5 Å². The van der Waals surface area contributed by atoms with Gasteiger partial charge in [0.1, 0.15) is 0 Å². The maximum Gasteiger partial charge on any atom is 0.310 e. The Kier molecular flexibility index (Phi) is 4.99. The smallest absolute Gasteiger partial charge is 0.310 e. The second kappa shape index (κ2) is 6.74. The summed E-state index contributed by atoms with van der Waals surface area (Å²) in [6.45, 7) is 1.95. The number of amides is 1. The van der Waals surface area contributed by atoms with Gasteiger partial charge in [0.15, 0.2) is 0 Å². The lowest BCUT2D eigenvalue weighted by Crippen LogP contribution is -2.40. The van der Waals surface area contributed by atoms with Gasteiger partial charge in [0.25, 0.3) is 0 Å². The Morgan fingerprint density at radius 3 is 2.43 bits per heavy atom. The zero-order chi connectivity index (χ0) is 15.3. The van der Waals surface area contributed by atoms with Crippen LogP contribution in [-0.2, 0) is 16.0 Å². The Labute approximate surface area is 125 Å². The van der Waals surface area contributed by atoms with Crippen molar-refractivity contribution < 1.29 is 14.7 Å². The number of hydrogen-bond donors (Lipinski definition) is 2. The van der Waals surface area contributed by atoms with Crippen LogP contribution in [0.5, 0.6) is 0 Å². The summed E-state index contributed by atoms with van der Waals surface area (Å²) < 4.78 is 0. The highest BCUT2D eigenvalue weighted by molar-refractivity contribution is 5.85. The van der Waals surface area contributed by atoms with Gasteiger partial charge >= 0.3 is 5.97 Å². The lowest BCUT2D eigenvalue weighted by Gasteiger charge is -2.24. The molecule has 1 aromatic rings. The van der Waals surface area contributed by atoms with Crippen molar-refractivity contribution >= 4 is 11.9 Å². The second-order valence-corrected chi connectivity index (χ2v) is 6.13. The van der Waals surface area contributed by atoms with Crippen LogP contribution >= 0.6 is 0 Å². The first-order valence-corrected chi connectivity index (χ1v) is 7.58. The molecule has 0 spiro atoms. The molecule has 0 saturated heterocycles. The first-order chi connectivity index (χ1) is 10.0. The third kappa shape index (κ3) is 4.06. The second-order valence-electron chi connectivity index (χ2n) is 6.13. The Morgan fingerprint density at radius 2 is 1.86 bits per heavy atom. The highest BCUT2D eigenvalue weighted by Crippen LogP contribution is 2.41. The molecular weight excluding hydrogens is 266 g/mol. The van der Waals surface area contributed by atoms with Gasteiger partial charge in [0.05, 0.1) is 5.41 Å². The average Bonchev–Trinajstić information content (AvgIpc) is 2.89. The number of benzene rings is 1. The predicted octanol–water partition coefficient (Wildman–Crippen LogP) is 2.77. The maximum atomic E-state index is 12.1. The quantitative estimate of drug-likeness (QED) is 0.846. The standard InChI is InChI=1S/C17H23NO3/c1-13(11-14-7-3-2-4-8-14)18-15(19)12-17(16(20)21)9-5-6-10-17/h2-4,7-8,13H,5-6,9-12H2,1H3,(H,18,19)(H,20,21). The van der Waals surface area contributed by atoms with Crippen molar-refractivity contribution in [3.05, 3.63) is 35.9 Å². The minimum atomic E-state index is -0.837. The lowest BCUT2D eigenvalue weighted by molar-refractivity contribution is -0.151. The molecule has 1 unspecified atom stereocenters. The fourth-order valence-corrected chi connectivity index (χ4v) is 3.17. The Hall–Kier alpha value is -1.84. The molecule has 1 aliphatic carbocycles. The fourth-order valence-electron chi connectivity index (χ4n) is 3.17. The Bertz CT molecular complexity index is 492. The van der Waals surface area contributed by atoms with Gasteiger partial charge in [-0.15, -0.1) is 0 Å². The summed E-state index contributed by atoms with van der Waals surface area (Å²) in [5, 5.41) is 12.3. The number of hydrogen-bond acceptors (Lipinski definition) is 2. The number of carboxylic acid groups (broad SMARTS) is 1. The molecule has 0 radical (unpaired) electrons. The van der Waals surface area contributed by atoms with Crippen LogP contribution < -0.4 is 5.32 Å². The summed E-state index contributed by atoms with van der Waals surface area (Å²) in [5.74, 6) is -0.978. The highest BCUT2D eigenvalue weighted by atomic mass is 16.4. The van der Waals surface area contributed by atoms with Crippen molar-refractivity contribution in [2.24, 2.45) is 5.41 Å².